The molecule has 0 saturated carbocycles. The lowest BCUT2D eigenvalue weighted by atomic mass is 10.4. The minimum absolute atomic E-state index is 0.0176. The van der Waals surface area contributed by atoms with Gasteiger partial charge in [0.05, 0.1) is 12.0 Å². The van der Waals surface area contributed by atoms with E-state index in [0.717, 1.165) is 30.2 Å². The Morgan fingerprint density at radius 2 is 2.33 bits per heavy atom. The van der Waals surface area contributed by atoms with E-state index in [1.165, 1.54) is 0 Å². The summed E-state index contributed by atoms with van der Waals surface area (Å²) < 4.78 is 2.24. The van der Waals surface area contributed by atoms with Gasteiger partial charge in [-0.25, -0.2) is 4.98 Å². The first kappa shape index (κ1) is 12.8. The second-order valence-corrected chi connectivity index (χ2v) is 5.38. The lowest BCUT2D eigenvalue weighted by molar-refractivity contribution is 0.638. The van der Waals surface area contributed by atoms with Crippen molar-refractivity contribution in [3.05, 3.63) is 26.8 Å². The second-order valence-electron chi connectivity index (χ2n) is 3.19. The van der Waals surface area contributed by atoms with Gasteiger partial charge in [-0.2, -0.15) is 11.8 Å². The Labute approximate surface area is 102 Å². The molecule has 0 aliphatic carbocycles. The van der Waals surface area contributed by atoms with Crippen LogP contribution in [0.1, 0.15) is 19.0 Å². The highest BCUT2D eigenvalue weighted by molar-refractivity contribution is 9.10. The van der Waals surface area contributed by atoms with E-state index in [9.17, 15) is 4.79 Å². The van der Waals surface area contributed by atoms with Crippen molar-refractivity contribution in [3.63, 3.8) is 0 Å². The van der Waals surface area contributed by atoms with Gasteiger partial charge in [-0.3, -0.25) is 9.36 Å². The minimum Gasteiger partial charge on any atom is -0.298 e. The molecule has 0 aromatic carbocycles. The minimum atomic E-state index is 0.0176. The van der Waals surface area contributed by atoms with Crippen molar-refractivity contribution in [1.29, 1.82) is 0 Å². The van der Waals surface area contributed by atoms with Crippen LogP contribution in [0.15, 0.2) is 15.6 Å². The predicted molar refractivity (Wildman–Crippen MR) is 68.6 cm³/mol. The lowest BCUT2D eigenvalue weighted by Crippen LogP contribution is -2.22. The molecule has 15 heavy (non-hydrogen) atoms. The first-order valence-corrected chi connectivity index (χ1v) is 6.91. The summed E-state index contributed by atoms with van der Waals surface area (Å²) in [4.78, 5) is 15.9. The fourth-order valence-electron chi connectivity index (χ4n) is 1.19. The quantitative estimate of drug-likeness (QED) is 0.782. The molecule has 3 nitrogen and oxygen atoms in total. The Morgan fingerprint density at radius 1 is 1.60 bits per heavy atom. The average molecular weight is 291 g/mol. The molecule has 0 amide bonds. The fraction of sp³-hybridized carbons (Fsp3) is 0.600. The van der Waals surface area contributed by atoms with Gasteiger partial charge in [0, 0.05) is 6.54 Å². The largest absolute Gasteiger partial charge is 0.298 e. The second kappa shape index (κ2) is 6.33. The van der Waals surface area contributed by atoms with Crippen molar-refractivity contribution in [3.8, 4) is 0 Å². The van der Waals surface area contributed by atoms with Crippen LogP contribution in [0, 0.1) is 6.92 Å². The number of aromatic nitrogens is 2. The summed E-state index contributed by atoms with van der Waals surface area (Å²) in [5.74, 6) is 2.22. The molecular formula is C10H15BrN2OS. The number of hydrogen-bond donors (Lipinski definition) is 0. The van der Waals surface area contributed by atoms with Crippen LogP contribution >= 0.6 is 27.7 Å². The van der Waals surface area contributed by atoms with Gasteiger partial charge in [0.1, 0.15) is 4.47 Å². The third kappa shape index (κ3) is 3.65. The first-order valence-electron chi connectivity index (χ1n) is 4.96. The average Bonchev–Trinajstić information content (AvgIpc) is 2.24. The normalized spacial score (nSPS) is 10.6. The van der Waals surface area contributed by atoms with Crippen molar-refractivity contribution >= 4 is 27.7 Å². The Morgan fingerprint density at radius 3 is 3.00 bits per heavy atom. The van der Waals surface area contributed by atoms with E-state index in [0.29, 0.717) is 4.47 Å². The van der Waals surface area contributed by atoms with Crippen molar-refractivity contribution in [1.82, 2.24) is 9.55 Å². The summed E-state index contributed by atoms with van der Waals surface area (Å²) in [6.07, 6.45) is 2.63. The van der Waals surface area contributed by atoms with Gasteiger partial charge < -0.3 is 0 Å². The highest BCUT2D eigenvalue weighted by atomic mass is 79.9. The number of nitrogens with zero attached hydrogens (tertiary/aromatic N) is 2. The first-order chi connectivity index (χ1) is 7.16. The Kier molecular flexibility index (Phi) is 5.39. The zero-order valence-corrected chi connectivity index (χ0v) is 11.4. The van der Waals surface area contributed by atoms with Crippen LogP contribution < -0.4 is 5.56 Å². The van der Waals surface area contributed by atoms with Gasteiger partial charge in [0.15, 0.2) is 0 Å². The maximum absolute atomic E-state index is 11.7. The summed E-state index contributed by atoms with van der Waals surface area (Å²) in [7, 11) is 0. The van der Waals surface area contributed by atoms with Crippen molar-refractivity contribution in [2.45, 2.75) is 26.8 Å². The van der Waals surface area contributed by atoms with Crippen LogP contribution in [0.2, 0.25) is 0 Å². The SMILES string of the molecule is CCSCCCn1cnc(C)c(Br)c1=O. The maximum Gasteiger partial charge on any atom is 0.267 e. The molecule has 1 aromatic rings. The monoisotopic (exact) mass is 290 g/mol. The lowest BCUT2D eigenvalue weighted by Gasteiger charge is -2.06. The van der Waals surface area contributed by atoms with Crippen LogP contribution in [0.5, 0.6) is 0 Å². The van der Waals surface area contributed by atoms with E-state index in [4.69, 9.17) is 0 Å². The number of rotatable bonds is 5. The van der Waals surface area contributed by atoms with E-state index in [-0.39, 0.29) is 5.56 Å². The Hall–Kier alpha value is -0.290. The van der Waals surface area contributed by atoms with Crippen molar-refractivity contribution < 1.29 is 0 Å². The molecular weight excluding hydrogens is 276 g/mol. The van der Waals surface area contributed by atoms with Crippen LogP contribution in [0.4, 0.5) is 0 Å². The van der Waals surface area contributed by atoms with Crippen LogP contribution in [-0.2, 0) is 6.54 Å². The van der Waals surface area contributed by atoms with Gasteiger partial charge in [0.25, 0.3) is 5.56 Å². The highest BCUT2D eigenvalue weighted by Crippen LogP contribution is 2.07. The number of aryl methyl sites for hydroxylation is 2. The summed E-state index contributed by atoms with van der Waals surface area (Å²) in [5, 5.41) is 0. The Balaban J connectivity index is 2.63. The molecule has 0 aliphatic rings. The van der Waals surface area contributed by atoms with Gasteiger partial charge in [0.2, 0.25) is 0 Å². The zero-order chi connectivity index (χ0) is 11.3. The predicted octanol–water partition coefficient (Wildman–Crippen LogP) is 2.46. The highest BCUT2D eigenvalue weighted by Gasteiger charge is 2.04. The standard InChI is InChI=1S/C10H15BrN2OS/c1-3-15-6-4-5-13-7-12-8(2)9(11)10(13)14/h7H,3-6H2,1-2H3. The molecule has 0 bridgehead atoms. The summed E-state index contributed by atoms with van der Waals surface area (Å²) in [6, 6.07) is 0. The molecule has 5 heteroatoms. The van der Waals surface area contributed by atoms with Crippen LogP contribution in [0.25, 0.3) is 0 Å². The smallest absolute Gasteiger partial charge is 0.267 e. The van der Waals surface area contributed by atoms with Gasteiger partial charge in [-0.15, -0.1) is 0 Å². The third-order valence-electron chi connectivity index (χ3n) is 2.05. The topological polar surface area (TPSA) is 34.9 Å². The van der Waals surface area contributed by atoms with E-state index < -0.39 is 0 Å². The van der Waals surface area contributed by atoms with E-state index in [1.54, 1.807) is 10.9 Å². The molecule has 0 unspecified atom stereocenters. The third-order valence-corrected chi connectivity index (χ3v) is 3.95. The maximum atomic E-state index is 11.7. The molecule has 0 atom stereocenters. The van der Waals surface area contributed by atoms with Crippen molar-refractivity contribution in [2.24, 2.45) is 0 Å². The number of hydrogen-bond acceptors (Lipinski definition) is 3. The van der Waals surface area contributed by atoms with Gasteiger partial charge in [-0.1, -0.05) is 6.92 Å². The number of thioether (sulfide) groups is 1. The van der Waals surface area contributed by atoms with Gasteiger partial charge in [-0.05, 0) is 40.8 Å². The summed E-state index contributed by atoms with van der Waals surface area (Å²) in [5.41, 5.74) is 0.767. The number of halogens is 1. The molecule has 84 valence electrons. The molecule has 0 N–H and O–H groups in total. The van der Waals surface area contributed by atoms with E-state index >= 15 is 0 Å². The molecule has 0 radical (unpaired) electrons. The summed E-state index contributed by atoms with van der Waals surface area (Å²) >= 11 is 5.14. The van der Waals surface area contributed by atoms with Gasteiger partial charge >= 0.3 is 0 Å². The zero-order valence-electron chi connectivity index (χ0n) is 8.99. The molecule has 1 rings (SSSR count). The molecule has 0 aliphatic heterocycles. The van der Waals surface area contributed by atoms with Crippen LogP contribution in [-0.4, -0.2) is 21.1 Å². The van der Waals surface area contributed by atoms with Crippen LogP contribution in [0.3, 0.4) is 0 Å². The summed E-state index contributed by atoms with van der Waals surface area (Å²) in [6.45, 7) is 4.71. The van der Waals surface area contributed by atoms with E-state index in [2.05, 4.69) is 27.8 Å². The molecule has 0 spiro atoms. The Bertz CT molecular complexity index is 378. The molecule has 1 aromatic heterocycles. The molecule has 0 saturated heterocycles. The molecule has 0 fully saturated rings. The van der Waals surface area contributed by atoms with E-state index in [1.807, 2.05) is 18.7 Å². The van der Waals surface area contributed by atoms with Crippen molar-refractivity contribution in [2.75, 3.05) is 11.5 Å². The molecule has 1 heterocycles. The fourth-order valence-corrected chi connectivity index (χ4v) is 2.14.